The Morgan fingerprint density at radius 2 is 1.86 bits per heavy atom. The number of amides is 1. The molecule has 1 saturated heterocycles. The summed E-state index contributed by atoms with van der Waals surface area (Å²) in [5.41, 5.74) is 0. The smallest absolute Gasteiger partial charge is 0.264 e. The van der Waals surface area contributed by atoms with E-state index in [0.29, 0.717) is 35.3 Å². The van der Waals surface area contributed by atoms with E-state index >= 15 is 0 Å². The Morgan fingerprint density at radius 1 is 1.14 bits per heavy atom. The van der Waals surface area contributed by atoms with E-state index in [9.17, 15) is 13.2 Å². The number of thiophene rings is 2. The first-order valence-electron chi connectivity index (χ1n) is 6.88. The van der Waals surface area contributed by atoms with Crippen molar-refractivity contribution in [2.24, 2.45) is 0 Å². The highest BCUT2D eigenvalue weighted by molar-refractivity contribution is 7.91. The van der Waals surface area contributed by atoms with Gasteiger partial charge in [-0.3, -0.25) is 4.79 Å². The van der Waals surface area contributed by atoms with E-state index in [1.807, 2.05) is 24.4 Å². The summed E-state index contributed by atoms with van der Waals surface area (Å²) < 4.78 is 26.9. The van der Waals surface area contributed by atoms with Gasteiger partial charge < -0.3 is 4.90 Å². The zero-order chi connectivity index (χ0) is 15.7. The van der Waals surface area contributed by atoms with Crippen molar-refractivity contribution in [3.63, 3.8) is 0 Å². The molecule has 0 aliphatic carbocycles. The van der Waals surface area contributed by atoms with Crippen LogP contribution in [0.2, 0.25) is 0 Å². The zero-order valence-corrected chi connectivity index (χ0v) is 14.5. The molecule has 8 heteroatoms. The van der Waals surface area contributed by atoms with Crippen molar-refractivity contribution in [2.75, 3.05) is 26.2 Å². The average Bonchev–Trinajstić information content (AvgIpc) is 3.18. The SMILES string of the molecule is Cc1ccc(S(=O)(=O)N2CCN(C(=O)c3cccs3)CC2)s1. The molecule has 2 aromatic rings. The Morgan fingerprint density at radius 3 is 2.41 bits per heavy atom. The molecule has 0 spiro atoms. The van der Waals surface area contributed by atoms with E-state index in [2.05, 4.69) is 0 Å². The second kappa shape index (κ2) is 6.11. The summed E-state index contributed by atoms with van der Waals surface area (Å²) in [5.74, 6) is -0.0148. The minimum absolute atomic E-state index is 0.0148. The molecule has 1 amide bonds. The molecule has 22 heavy (non-hydrogen) atoms. The maximum atomic E-state index is 12.5. The first-order valence-corrected chi connectivity index (χ1v) is 10.0. The van der Waals surface area contributed by atoms with Crippen LogP contribution in [0.25, 0.3) is 0 Å². The fraction of sp³-hybridized carbons (Fsp3) is 0.357. The fourth-order valence-electron chi connectivity index (χ4n) is 2.37. The van der Waals surface area contributed by atoms with E-state index in [-0.39, 0.29) is 5.91 Å². The summed E-state index contributed by atoms with van der Waals surface area (Å²) in [6.45, 7) is 3.44. The molecule has 0 aromatic carbocycles. The number of sulfonamides is 1. The summed E-state index contributed by atoms with van der Waals surface area (Å²) in [6.07, 6.45) is 0. The molecule has 0 atom stereocenters. The molecule has 1 aliphatic rings. The van der Waals surface area contributed by atoms with Crippen LogP contribution in [-0.2, 0) is 10.0 Å². The Kier molecular flexibility index (Phi) is 4.35. The molecule has 0 unspecified atom stereocenters. The third kappa shape index (κ3) is 2.96. The van der Waals surface area contributed by atoms with Crippen LogP contribution in [0.5, 0.6) is 0 Å². The van der Waals surface area contributed by atoms with Crippen molar-refractivity contribution in [3.8, 4) is 0 Å². The van der Waals surface area contributed by atoms with Gasteiger partial charge in [-0.05, 0) is 30.5 Å². The Bertz CT molecular complexity index is 757. The highest BCUT2D eigenvalue weighted by Gasteiger charge is 2.31. The number of nitrogens with zero attached hydrogens (tertiary/aromatic N) is 2. The van der Waals surface area contributed by atoms with Crippen LogP contribution in [-0.4, -0.2) is 49.7 Å². The number of hydrogen-bond acceptors (Lipinski definition) is 5. The minimum Gasteiger partial charge on any atom is -0.335 e. The van der Waals surface area contributed by atoms with E-state index in [1.54, 1.807) is 17.0 Å². The number of hydrogen-bond donors (Lipinski definition) is 0. The molecule has 0 saturated carbocycles. The molecule has 3 rings (SSSR count). The van der Waals surface area contributed by atoms with Crippen LogP contribution < -0.4 is 0 Å². The lowest BCUT2D eigenvalue weighted by atomic mass is 10.3. The second-order valence-electron chi connectivity index (χ2n) is 5.04. The number of rotatable bonds is 3. The summed E-state index contributed by atoms with van der Waals surface area (Å²) in [7, 11) is -3.43. The third-order valence-electron chi connectivity index (χ3n) is 3.57. The van der Waals surface area contributed by atoms with Gasteiger partial charge in [0.1, 0.15) is 4.21 Å². The molecular weight excluding hydrogens is 340 g/mol. The maximum absolute atomic E-state index is 12.5. The number of carbonyl (C=O) groups is 1. The molecule has 1 fully saturated rings. The third-order valence-corrected chi connectivity index (χ3v) is 7.79. The molecule has 0 N–H and O–H groups in total. The maximum Gasteiger partial charge on any atom is 0.264 e. The van der Waals surface area contributed by atoms with Crippen molar-refractivity contribution in [1.29, 1.82) is 0 Å². The molecule has 0 bridgehead atoms. The van der Waals surface area contributed by atoms with E-state index < -0.39 is 10.0 Å². The largest absolute Gasteiger partial charge is 0.335 e. The van der Waals surface area contributed by atoms with E-state index in [1.165, 1.54) is 27.0 Å². The minimum atomic E-state index is -3.43. The molecule has 5 nitrogen and oxygen atoms in total. The van der Waals surface area contributed by atoms with Crippen LogP contribution in [0.15, 0.2) is 33.9 Å². The van der Waals surface area contributed by atoms with Crippen molar-refractivity contribution >= 4 is 38.6 Å². The van der Waals surface area contributed by atoms with Gasteiger partial charge in [0.2, 0.25) is 0 Å². The fourth-order valence-corrected chi connectivity index (χ4v) is 5.92. The summed E-state index contributed by atoms with van der Waals surface area (Å²) in [4.78, 5) is 15.7. The summed E-state index contributed by atoms with van der Waals surface area (Å²) >= 11 is 2.69. The second-order valence-corrected chi connectivity index (χ2v) is 9.44. The highest BCUT2D eigenvalue weighted by Crippen LogP contribution is 2.25. The summed E-state index contributed by atoms with van der Waals surface area (Å²) in [5, 5.41) is 1.87. The van der Waals surface area contributed by atoms with Gasteiger partial charge in [0, 0.05) is 31.1 Å². The van der Waals surface area contributed by atoms with Crippen LogP contribution >= 0.6 is 22.7 Å². The molecule has 1 aliphatic heterocycles. The van der Waals surface area contributed by atoms with Gasteiger partial charge >= 0.3 is 0 Å². The van der Waals surface area contributed by atoms with Crippen molar-refractivity contribution in [3.05, 3.63) is 39.4 Å². The van der Waals surface area contributed by atoms with E-state index in [0.717, 1.165) is 4.88 Å². The Hall–Kier alpha value is -1.22. The molecule has 3 heterocycles. The number of carbonyl (C=O) groups excluding carboxylic acids is 1. The standard InChI is InChI=1S/C14H16N2O3S3/c1-11-4-5-13(21-11)22(18,19)16-8-6-15(7-9-16)14(17)12-3-2-10-20-12/h2-5,10H,6-9H2,1H3. The lowest BCUT2D eigenvalue weighted by Gasteiger charge is -2.33. The van der Waals surface area contributed by atoms with Gasteiger partial charge in [-0.1, -0.05) is 6.07 Å². The molecule has 0 radical (unpaired) electrons. The van der Waals surface area contributed by atoms with Gasteiger partial charge in [-0.15, -0.1) is 22.7 Å². The van der Waals surface area contributed by atoms with Gasteiger partial charge in [-0.25, -0.2) is 8.42 Å². The van der Waals surface area contributed by atoms with Crippen LogP contribution in [0.3, 0.4) is 0 Å². The normalized spacial score (nSPS) is 16.9. The van der Waals surface area contributed by atoms with Crippen LogP contribution in [0.4, 0.5) is 0 Å². The van der Waals surface area contributed by atoms with Crippen LogP contribution in [0.1, 0.15) is 14.5 Å². The zero-order valence-electron chi connectivity index (χ0n) is 12.1. The Balaban J connectivity index is 1.68. The quantitative estimate of drug-likeness (QED) is 0.848. The van der Waals surface area contributed by atoms with Gasteiger partial charge in [0.05, 0.1) is 4.88 Å². The molecule has 118 valence electrons. The average molecular weight is 356 g/mol. The number of aryl methyl sites for hydroxylation is 1. The van der Waals surface area contributed by atoms with Crippen molar-refractivity contribution < 1.29 is 13.2 Å². The lowest BCUT2D eigenvalue weighted by molar-refractivity contribution is 0.0703. The topological polar surface area (TPSA) is 57.7 Å². The van der Waals surface area contributed by atoms with Gasteiger partial charge in [0.25, 0.3) is 15.9 Å². The van der Waals surface area contributed by atoms with Crippen molar-refractivity contribution in [2.45, 2.75) is 11.1 Å². The first-order chi connectivity index (χ1) is 10.5. The first kappa shape index (κ1) is 15.7. The Labute approximate surface area is 137 Å². The molecular formula is C14H16N2O3S3. The van der Waals surface area contributed by atoms with Crippen molar-refractivity contribution in [1.82, 2.24) is 9.21 Å². The highest BCUT2D eigenvalue weighted by atomic mass is 32.2. The summed E-state index contributed by atoms with van der Waals surface area (Å²) in [6, 6.07) is 7.11. The van der Waals surface area contributed by atoms with Crippen LogP contribution in [0, 0.1) is 6.92 Å². The predicted molar refractivity (Wildman–Crippen MR) is 88.0 cm³/mol. The number of piperazine rings is 1. The lowest BCUT2D eigenvalue weighted by Crippen LogP contribution is -2.50. The molecule has 2 aromatic heterocycles. The monoisotopic (exact) mass is 356 g/mol. The predicted octanol–water partition coefficient (Wildman–Crippen LogP) is 2.26. The van der Waals surface area contributed by atoms with Gasteiger partial charge in [0.15, 0.2) is 0 Å². The van der Waals surface area contributed by atoms with E-state index in [4.69, 9.17) is 0 Å². The van der Waals surface area contributed by atoms with Gasteiger partial charge in [-0.2, -0.15) is 4.31 Å².